The van der Waals surface area contributed by atoms with Crippen LogP contribution >= 0.6 is 11.3 Å². The zero-order valence-corrected chi connectivity index (χ0v) is 19.4. The number of carbonyl (C=O) groups excluding carboxylic acids is 4. The van der Waals surface area contributed by atoms with Crippen LogP contribution in [0.4, 0.5) is 10.5 Å². The lowest BCUT2D eigenvalue weighted by Crippen LogP contribution is -2.33. The summed E-state index contributed by atoms with van der Waals surface area (Å²) in [5.74, 6) is -1.37. The van der Waals surface area contributed by atoms with Crippen molar-refractivity contribution in [3.63, 3.8) is 0 Å². The summed E-state index contributed by atoms with van der Waals surface area (Å²) in [6.45, 7) is 1.97. The van der Waals surface area contributed by atoms with E-state index in [1.165, 1.54) is 23.2 Å². The first-order valence-corrected chi connectivity index (χ1v) is 12.0. The van der Waals surface area contributed by atoms with E-state index in [9.17, 15) is 19.2 Å². The van der Waals surface area contributed by atoms with Gasteiger partial charge >= 0.3 is 6.09 Å². The minimum absolute atomic E-state index is 0.187. The SMILES string of the molecule is CC(=O)NC[C@H]1CN(c2ccc3c(c2)CCC[C@@H](C(=O)c2nc4ccccc4s2)C3=O)C(=O)O1. The van der Waals surface area contributed by atoms with Crippen molar-refractivity contribution in [3.8, 4) is 0 Å². The third-order valence-corrected chi connectivity index (χ3v) is 7.25. The second-order valence-electron chi connectivity index (χ2n) is 8.55. The molecule has 0 spiro atoms. The maximum absolute atomic E-state index is 13.4. The number of nitrogens with zero attached hydrogens (tertiary/aromatic N) is 2. The number of cyclic esters (lactones) is 1. The third kappa shape index (κ3) is 4.19. The quantitative estimate of drug-likeness (QED) is 0.341. The van der Waals surface area contributed by atoms with E-state index in [0.29, 0.717) is 42.1 Å². The number of rotatable bonds is 5. The number of para-hydroxylation sites is 1. The molecule has 34 heavy (non-hydrogen) atoms. The number of anilines is 1. The van der Waals surface area contributed by atoms with Crippen molar-refractivity contribution in [3.05, 3.63) is 58.6 Å². The highest BCUT2D eigenvalue weighted by Gasteiger charge is 2.36. The van der Waals surface area contributed by atoms with Crippen LogP contribution < -0.4 is 10.2 Å². The Bertz CT molecular complexity index is 1280. The number of benzene rings is 2. The number of ketones is 2. The van der Waals surface area contributed by atoms with Crippen LogP contribution in [0.25, 0.3) is 10.2 Å². The van der Waals surface area contributed by atoms with Gasteiger partial charge < -0.3 is 10.1 Å². The summed E-state index contributed by atoms with van der Waals surface area (Å²) in [5, 5.41) is 3.02. The molecule has 1 aliphatic carbocycles. The van der Waals surface area contributed by atoms with Gasteiger partial charge in [0.2, 0.25) is 11.7 Å². The Kier molecular flexibility index (Phi) is 5.87. The van der Waals surface area contributed by atoms with Crippen molar-refractivity contribution in [2.75, 3.05) is 18.0 Å². The summed E-state index contributed by atoms with van der Waals surface area (Å²) < 4.78 is 6.27. The smallest absolute Gasteiger partial charge is 0.414 e. The third-order valence-electron chi connectivity index (χ3n) is 6.20. The maximum Gasteiger partial charge on any atom is 0.414 e. The first-order valence-electron chi connectivity index (χ1n) is 11.2. The Labute approximate surface area is 199 Å². The molecule has 9 heteroatoms. The second kappa shape index (κ2) is 8.98. The van der Waals surface area contributed by atoms with E-state index in [4.69, 9.17) is 4.74 Å². The minimum Gasteiger partial charge on any atom is -0.442 e. The molecule has 0 bridgehead atoms. The van der Waals surface area contributed by atoms with Crippen LogP contribution in [0.3, 0.4) is 0 Å². The van der Waals surface area contributed by atoms with E-state index >= 15 is 0 Å². The molecule has 2 heterocycles. The van der Waals surface area contributed by atoms with Gasteiger partial charge in [-0.2, -0.15) is 0 Å². The Morgan fingerprint density at radius 2 is 2.03 bits per heavy atom. The fraction of sp³-hybridized carbons (Fsp3) is 0.320. The van der Waals surface area contributed by atoms with Crippen molar-refractivity contribution in [1.29, 1.82) is 0 Å². The molecular formula is C25H23N3O5S. The lowest BCUT2D eigenvalue weighted by atomic mass is 9.91. The average Bonchev–Trinajstić information content (AvgIpc) is 3.38. The van der Waals surface area contributed by atoms with Gasteiger partial charge in [-0.3, -0.25) is 19.3 Å². The summed E-state index contributed by atoms with van der Waals surface area (Å²) in [7, 11) is 0. The molecule has 1 saturated heterocycles. The van der Waals surface area contributed by atoms with E-state index in [1.54, 1.807) is 12.1 Å². The van der Waals surface area contributed by atoms with Gasteiger partial charge in [0.1, 0.15) is 6.10 Å². The standard InChI is InChI=1S/C25H23N3O5S/c1-14(29)26-12-17-13-28(25(32)33-17)16-9-10-18-15(11-16)5-4-6-19(22(18)30)23(31)24-27-20-7-2-3-8-21(20)34-24/h2-3,7-11,17,19H,4-6,12-13H2,1H3,(H,26,29)/t17-,19+/m0/s1. The van der Waals surface area contributed by atoms with E-state index in [2.05, 4.69) is 10.3 Å². The van der Waals surface area contributed by atoms with Gasteiger partial charge in [0.25, 0.3) is 0 Å². The summed E-state index contributed by atoms with van der Waals surface area (Å²) in [5.41, 5.74) is 2.73. The van der Waals surface area contributed by atoms with E-state index in [-0.39, 0.29) is 24.0 Å². The number of nitrogens with one attached hydrogen (secondary N) is 1. The van der Waals surface area contributed by atoms with Crippen LogP contribution in [0.2, 0.25) is 0 Å². The summed E-state index contributed by atoms with van der Waals surface area (Å²) >= 11 is 1.32. The molecule has 2 aliphatic rings. The van der Waals surface area contributed by atoms with Gasteiger partial charge in [-0.1, -0.05) is 12.1 Å². The number of aryl methyl sites for hydroxylation is 1. The molecule has 1 N–H and O–H groups in total. The summed E-state index contributed by atoms with van der Waals surface area (Å²) in [6.07, 6.45) is 0.852. The fourth-order valence-electron chi connectivity index (χ4n) is 4.48. The lowest BCUT2D eigenvalue weighted by molar-refractivity contribution is -0.119. The number of Topliss-reactive ketones (excluding diaryl/α,β-unsaturated/α-hetero) is 2. The molecule has 8 nitrogen and oxygen atoms in total. The molecule has 0 unspecified atom stereocenters. The van der Waals surface area contributed by atoms with Crippen molar-refractivity contribution in [2.24, 2.45) is 5.92 Å². The molecular weight excluding hydrogens is 454 g/mol. The van der Waals surface area contributed by atoms with Crippen LogP contribution in [0.15, 0.2) is 42.5 Å². The molecule has 5 rings (SSSR count). The molecule has 2 amide bonds. The van der Waals surface area contributed by atoms with Gasteiger partial charge in [0.05, 0.1) is 29.2 Å². The largest absolute Gasteiger partial charge is 0.442 e. The van der Waals surface area contributed by atoms with Crippen molar-refractivity contribution in [2.45, 2.75) is 32.3 Å². The number of carbonyl (C=O) groups is 4. The first kappa shape index (κ1) is 22.2. The zero-order valence-electron chi connectivity index (χ0n) is 18.6. The molecule has 1 aliphatic heterocycles. The molecule has 1 fully saturated rings. The number of thiazole rings is 1. The van der Waals surface area contributed by atoms with Crippen molar-refractivity contribution in [1.82, 2.24) is 10.3 Å². The van der Waals surface area contributed by atoms with Crippen LogP contribution in [0.5, 0.6) is 0 Å². The molecule has 2 aromatic carbocycles. The van der Waals surface area contributed by atoms with Gasteiger partial charge in [0.15, 0.2) is 10.8 Å². The molecule has 0 radical (unpaired) electrons. The first-order chi connectivity index (χ1) is 16.4. The predicted octanol–water partition coefficient (Wildman–Crippen LogP) is 3.78. The fourth-order valence-corrected chi connectivity index (χ4v) is 5.44. The monoisotopic (exact) mass is 477 g/mol. The number of ether oxygens (including phenoxy) is 1. The Hall–Kier alpha value is -3.59. The van der Waals surface area contributed by atoms with Crippen LogP contribution in [-0.2, 0) is 16.0 Å². The average molecular weight is 478 g/mol. The predicted molar refractivity (Wildman–Crippen MR) is 127 cm³/mol. The van der Waals surface area contributed by atoms with Crippen LogP contribution in [0, 0.1) is 5.92 Å². The van der Waals surface area contributed by atoms with Crippen LogP contribution in [-0.4, -0.2) is 47.7 Å². The van der Waals surface area contributed by atoms with Crippen molar-refractivity contribution < 1.29 is 23.9 Å². The second-order valence-corrected chi connectivity index (χ2v) is 9.59. The zero-order chi connectivity index (χ0) is 23.8. The number of hydrogen-bond donors (Lipinski definition) is 1. The molecule has 0 saturated carbocycles. The molecule has 2 atom stereocenters. The highest BCUT2D eigenvalue weighted by atomic mass is 32.1. The Morgan fingerprint density at radius 1 is 1.21 bits per heavy atom. The van der Waals surface area contributed by atoms with E-state index in [1.807, 2.05) is 30.3 Å². The number of amides is 2. The van der Waals surface area contributed by atoms with Gasteiger partial charge in [-0.25, -0.2) is 9.78 Å². The van der Waals surface area contributed by atoms with Gasteiger partial charge in [-0.05, 0) is 55.2 Å². The highest BCUT2D eigenvalue weighted by Crippen LogP contribution is 2.33. The Morgan fingerprint density at radius 3 is 2.82 bits per heavy atom. The highest BCUT2D eigenvalue weighted by molar-refractivity contribution is 7.20. The lowest BCUT2D eigenvalue weighted by Gasteiger charge is -2.16. The number of fused-ring (bicyclic) bond motifs is 2. The number of hydrogen-bond acceptors (Lipinski definition) is 7. The van der Waals surface area contributed by atoms with Crippen molar-refractivity contribution >= 4 is 50.8 Å². The van der Waals surface area contributed by atoms with Crippen LogP contribution in [0.1, 0.15) is 45.5 Å². The summed E-state index contributed by atoms with van der Waals surface area (Å²) in [4.78, 5) is 56.1. The van der Waals surface area contributed by atoms with Gasteiger partial charge in [-0.15, -0.1) is 11.3 Å². The normalized spacial score (nSPS) is 20.1. The Balaban J connectivity index is 1.36. The van der Waals surface area contributed by atoms with Gasteiger partial charge in [0, 0.05) is 18.2 Å². The summed E-state index contributed by atoms with van der Waals surface area (Å²) in [6, 6.07) is 12.8. The molecule has 3 aromatic rings. The maximum atomic E-state index is 13.4. The molecule has 174 valence electrons. The van der Waals surface area contributed by atoms with E-state index < -0.39 is 18.1 Å². The molecule has 1 aromatic heterocycles. The topological polar surface area (TPSA) is 106 Å². The van der Waals surface area contributed by atoms with E-state index in [0.717, 1.165) is 15.8 Å². The number of aromatic nitrogens is 1. The minimum atomic E-state index is -0.758.